The Morgan fingerprint density at radius 3 is 2.23 bits per heavy atom. The van der Waals surface area contributed by atoms with Crippen LogP contribution in [-0.4, -0.2) is 0 Å². The van der Waals surface area contributed by atoms with Crippen LogP contribution in [0, 0.1) is 6.92 Å². The highest BCUT2D eigenvalue weighted by Crippen LogP contribution is 2.59. The summed E-state index contributed by atoms with van der Waals surface area (Å²) in [6.45, 7) is 2.19. The lowest BCUT2D eigenvalue weighted by atomic mass is 9.63. The molecule has 1 heterocycles. The first kappa shape index (κ1) is 19.6. The maximum absolute atomic E-state index is 3.87. The van der Waals surface area contributed by atoms with E-state index in [4.69, 9.17) is 0 Å². The lowest BCUT2D eigenvalue weighted by Gasteiger charge is -2.43. The highest BCUT2D eigenvalue weighted by molar-refractivity contribution is 9.10. The van der Waals surface area contributed by atoms with Crippen LogP contribution in [0.5, 0.6) is 0 Å². The van der Waals surface area contributed by atoms with E-state index in [1.54, 1.807) is 0 Å². The van der Waals surface area contributed by atoms with Gasteiger partial charge in [-0.05, 0) is 80.5 Å². The summed E-state index contributed by atoms with van der Waals surface area (Å²) in [5.41, 5.74) is 8.74. The molecule has 0 N–H and O–H groups in total. The van der Waals surface area contributed by atoms with Gasteiger partial charge in [0, 0.05) is 18.7 Å². The van der Waals surface area contributed by atoms with Crippen molar-refractivity contribution in [2.24, 2.45) is 0 Å². The van der Waals surface area contributed by atoms with Gasteiger partial charge < -0.3 is 0 Å². The van der Waals surface area contributed by atoms with E-state index in [0.29, 0.717) is 0 Å². The molecule has 0 nitrogen and oxygen atoms in total. The molecular formula is C28H18Br2S. The van der Waals surface area contributed by atoms with Crippen molar-refractivity contribution < 1.29 is 0 Å². The van der Waals surface area contributed by atoms with Gasteiger partial charge in [0.15, 0.2) is 0 Å². The Morgan fingerprint density at radius 1 is 0.677 bits per heavy atom. The molecule has 0 radical (unpaired) electrons. The highest BCUT2D eigenvalue weighted by Gasteiger charge is 2.47. The first-order chi connectivity index (χ1) is 15.1. The van der Waals surface area contributed by atoms with Gasteiger partial charge in [0.2, 0.25) is 0 Å². The maximum Gasteiger partial charge on any atom is 0.0735 e. The van der Waals surface area contributed by atoms with Gasteiger partial charge in [0.25, 0.3) is 0 Å². The number of hydrogen-bond acceptors (Lipinski definition) is 1. The van der Waals surface area contributed by atoms with E-state index in [1.807, 2.05) is 11.8 Å². The fourth-order valence-corrected chi connectivity index (χ4v) is 7.24. The van der Waals surface area contributed by atoms with Gasteiger partial charge in [0.05, 0.1) is 5.41 Å². The highest BCUT2D eigenvalue weighted by atomic mass is 79.9. The van der Waals surface area contributed by atoms with Gasteiger partial charge in [-0.2, -0.15) is 0 Å². The first-order valence-corrected chi connectivity index (χ1v) is 12.6. The summed E-state index contributed by atoms with van der Waals surface area (Å²) < 4.78 is 2.24. The first-order valence-electron chi connectivity index (χ1n) is 10.2. The zero-order valence-corrected chi connectivity index (χ0v) is 20.8. The molecule has 0 amide bonds. The van der Waals surface area contributed by atoms with Crippen LogP contribution in [0.15, 0.2) is 97.6 Å². The van der Waals surface area contributed by atoms with Crippen molar-refractivity contribution in [1.29, 1.82) is 0 Å². The lowest BCUT2D eigenvalue weighted by molar-refractivity contribution is 0.698. The van der Waals surface area contributed by atoms with Crippen molar-refractivity contribution in [1.82, 2.24) is 0 Å². The molecule has 1 atom stereocenters. The average molecular weight is 546 g/mol. The Morgan fingerprint density at radius 2 is 1.39 bits per heavy atom. The van der Waals surface area contributed by atoms with Crippen molar-refractivity contribution >= 4 is 55.8 Å². The standard InChI is InChI=1S/C28H18Br2S/c1-17-9-10-18-11-12-19-13-14-20(29)16-24(19)28(23(18)15-17)21-5-2-3-8-26(21)31-27-22(28)6-4-7-25(27)30/h2-16H,1H3. The Kier molecular flexibility index (Phi) is 4.57. The number of benzene rings is 4. The molecule has 4 aromatic rings. The van der Waals surface area contributed by atoms with Gasteiger partial charge in [-0.25, -0.2) is 0 Å². The number of fused-ring (bicyclic) bond motifs is 8. The van der Waals surface area contributed by atoms with Gasteiger partial charge >= 0.3 is 0 Å². The molecule has 4 aromatic carbocycles. The van der Waals surface area contributed by atoms with Crippen molar-refractivity contribution in [2.75, 3.05) is 0 Å². The number of rotatable bonds is 0. The Bertz CT molecular complexity index is 1340. The molecule has 0 saturated heterocycles. The van der Waals surface area contributed by atoms with Crippen LogP contribution in [0.25, 0.3) is 12.2 Å². The molecule has 1 aliphatic carbocycles. The molecule has 1 unspecified atom stereocenters. The van der Waals surface area contributed by atoms with E-state index < -0.39 is 5.41 Å². The Balaban J connectivity index is 1.90. The summed E-state index contributed by atoms with van der Waals surface area (Å²) in [4.78, 5) is 2.60. The van der Waals surface area contributed by atoms with Crippen molar-refractivity contribution in [2.45, 2.75) is 22.1 Å². The van der Waals surface area contributed by atoms with Crippen LogP contribution in [0.1, 0.15) is 38.9 Å². The third-order valence-corrected chi connectivity index (χ3v) is 8.99. The number of halogens is 2. The topological polar surface area (TPSA) is 0 Å². The van der Waals surface area contributed by atoms with E-state index in [9.17, 15) is 0 Å². The fourth-order valence-electron chi connectivity index (χ4n) is 5.07. The second-order valence-corrected chi connectivity index (χ2v) is 10.9. The van der Waals surface area contributed by atoms with E-state index >= 15 is 0 Å². The third kappa shape index (κ3) is 2.80. The minimum Gasteiger partial charge on any atom is -0.0882 e. The predicted octanol–water partition coefficient (Wildman–Crippen LogP) is 8.85. The van der Waals surface area contributed by atoms with Crippen LogP contribution in [0.3, 0.4) is 0 Å². The Labute approximate surface area is 203 Å². The third-order valence-electron chi connectivity index (χ3n) is 6.35. The molecule has 2 aliphatic rings. The summed E-state index contributed by atoms with van der Waals surface area (Å²) in [6, 6.07) is 29.1. The second-order valence-electron chi connectivity index (χ2n) is 8.12. The summed E-state index contributed by atoms with van der Waals surface area (Å²) in [5.74, 6) is 0. The Hall–Kier alpha value is -2.07. The molecule has 31 heavy (non-hydrogen) atoms. The zero-order chi connectivity index (χ0) is 21.2. The van der Waals surface area contributed by atoms with Crippen LogP contribution < -0.4 is 0 Å². The van der Waals surface area contributed by atoms with E-state index in [2.05, 4.69) is 130 Å². The number of hydrogen-bond donors (Lipinski definition) is 0. The van der Waals surface area contributed by atoms with Crippen LogP contribution in [0.4, 0.5) is 0 Å². The molecule has 150 valence electrons. The van der Waals surface area contributed by atoms with Crippen LogP contribution in [-0.2, 0) is 5.41 Å². The van der Waals surface area contributed by atoms with E-state index in [1.165, 1.54) is 48.7 Å². The van der Waals surface area contributed by atoms with Crippen LogP contribution >= 0.6 is 43.6 Å². The molecule has 6 rings (SSSR count). The molecule has 0 aromatic heterocycles. The molecule has 3 heteroatoms. The second kappa shape index (κ2) is 7.23. The molecule has 0 bridgehead atoms. The molecule has 0 saturated carbocycles. The van der Waals surface area contributed by atoms with Gasteiger partial charge in [0.1, 0.15) is 0 Å². The SMILES string of the molecule is Cc1ccc2c(c1)C1(c3cc(Br)ccc3C=C2)c2ccccc2Sc2c(Br)cccc21. The largest absolute Gasteiger partial charge is 0.0882 e. The number of aryl methyl sites for hydroxylation is 1. The smallest absolute Gasteiger partial charge is 0.0735 e. The predicted molar refractivity (Wildman–Crippen MR) is 138 cm³/mol. The van der Waals surface area contributed by atoms with Crippen molar-refractivity contribution in [3.8, 4) is 0 Å². The molecule has 0 fully saturated rings. The minimum atomic E-state index is -0.398. The van der Waals surface area contributed by atoms with Gasteiger partial charge in [-0.3, -0.25) is 0 Å². The van der Waals surface area contributed by atoms with Crippen molar-refractivity contribution in [3.05, 3.63) is 127 Å². The average Bonchev–Trinajstić information content (AvgIpc) is 2.90. The van der Waals surface area contributed by atoms with Crippen LogP contribution in [0.2, 0.25) is 0 Å². The maximum atomic E-state index is 3.87. The van der Waals surface area contributed by atoms with Gasteiger partial charge in [-0.15, -0.1) is 0 Å². The zero-order valence-electron chi connectivity index (χ0n) is 16.8. The molecule has 1 spiro atoms. The van der Waals surface area contributed by atoms with E-state index in [0.717, 1.165) is 8.95 Å². The summed E-state index contributed by atoms with van der Waals surface area (Å²) >= 11 is 9.50. The fraction of sp³-hybridized carbons (Fsp3) is 0.0714. The summed E-state index contributed by atoms with van der Waals surface area (Å²) in [6.07, 6.45) is 4.55. The normalized spacial score (nSPS) is 18.0. The monoisotopic (exact) mass is 544 g/mol. The molecular weight excluding hydrogens is 528 g/mol. The lowest BCUT2D eigenvalue weighted by Crippen LogP contribution is -2.35. The van der Waals surface area contributed by atoms with E-state index in [-0.39, 0.29) is 0 Å². The quantitative estimate of drug-likeness (QED) is 0.184. The van der Waals surface area contributed by atoms with Crippen molar-refractivity contribution in [3.63, 3.8) is 0 Å². The molecule has 1 aliphatic heterocycles. The van der Waals surface area contributed by atoms with Gasteiger partial charge in [-0.1, -0.05) is 100 Å². The summed E-state index contributed by atoms with van der Waals surface area (Å²) in [5, 5.41) is 0. The minimum absolute atomic E-state index is 0.398. The summed E-state index contributed by atoms with van der Waals surface area (Å²) in [7, 11) is 0.